The van der Waals surface area contributed by atoms with Crippen molar-refractivity contribution in [1.29, 1.82) is 0 Å². The van der Waals surface area contributed by atoms with E-state index in [2.05, 4.69) is 14.9 Å². The summed E-state index contributed by atoms with van der Waals surface area (Å²) in [5.41, 5.74) is 8.11. The lowest BCUT2D eigenvalue weighted by molar-refractivity contribution is 0.0931. The zero-order valence-electron chi connectivity index (χ0n) is 7.76. The fourth-order valence-corrected chi connectivity index (χ4v) is 1.78. The molecule has 0 saturated carbocycles. The summed E-state index contributed by atoms with van der Waals surface area (Å²) < 4.78 is 0. The van der Waals surface area contributed by atoms with Crippen LogP contribution >= 0.6 is 0 Å². The Kier molecular flexibility index (Phi) is 4.60. The van der Waals surface area contributed by atoms with Gasteiger partial charge in [0, 0.05) is 24.0 Å². The van der Waals surface area contributed by atoms with Crippen LogP contribution in [0.3, 0.4) is 0 Å². The second kappa shape index (κ2) is 5.80. The molecule has 1 atom stereocenters. The Balaban J connectivity index is 2.31. The first-order valence-electron chi connectivity index (χ1n) is 4.74. The largest absolute Gasteiger partial charge is 0.395 e. The van der Waals surface area contributed by atoms with Gasteiger partial charge in [-0.25, -0.2) is 0 Å². The van der Waals surface area contributed by atoms with Crippen molar-refractivity contribution in [2.24, 2.45) is 5.11 Å². The van der Waals surface area contributed by atoms with Crippen molar-refractivity contribution in [3.8, 4) is 0 Å². The predicted molar refractivity (Wildman–Crippen MR) is 50.3 cm³/mol. The highest BCUT2D eigenvalue weighted by Crippen LogP contribution is 2.15. The van der Waals surface area contributed by atoms with E-state index in [1.54, 1.807) is 0 Å². The molecule has 0 aromatic rings. The summed E-state index contributed by atoms with van der Waals surface area (Å²) in [6.07, 6.45) is 3.45. The molecular weight excluding hydrogens is 168 g/mol. The molecule has 0 radical (unpaired) electrons. The van der Waals surface area contributed by atoms with Crippen molar-refractivity contribution >= 4 is 0 Å². The normalized spacial score (nSPS) is 23.9. The molecule has 1 fully saturated rings. The quantitative estimate of drug-likeness (QED) is 0.404. The van der Waals surface area contributed by atoms with Crippen LogP contribution in [-0.2, 0) is 0 Å². The van der Waals surface area contributed by atoms with Crippen molar-refractivity contribution in [3.05, 3.63) is 10.4 Å². The minimum Gasteiger partial charge on any atom is -0.395 e. The van der Waals surface area contributed by atoms with Crippen LogP contribution in [0.2, 0.25) is 0 Å². The maximum Gasteiger partial charge on any atom is 0.0586 e. The molecule has 0 spiro atoms. The Bertz CT molecular complexity index is 191. The van der Waals surface area contributed by atoms with Crippen LogP contribution in [0.25, 0.3) is 10.4 Å². The molecule has 0 bridgehead atoms. The smallest absolute Gasteiger partial charge is 0.0586 e. The zero-order chi connectivity index (χ0) is 9.52. The van der Waals surface area contributed by atoms with Crippen LogP contribution < -0.4 is 0 Å². The Morgan fingerprint density at radius 2 is 2.38 bits per heavy atom. The number of aliphatic hydroxyl groups is 1. The Morgan fingerprint density at radius 1 is 1.54 bits per heavy atom. The molecule has 1 N–H and O–H groups in total. The van der Waals surface area contributed by atoms with Crippen molar-refractivity contribution in [2.45, 2.75) is 25.3 Å². The van der Waals surface area contributed by atoms with E-state index in [4.69, 9.17) is 10.6 Å². The van der Waals surface area contributed by atoms with Gasteiger partial charge in [-0.2, -0.15) is 0 Å². The average molecular weight is 184 g/mol. The van der Waals surface area contributed by atoms with Crippen LogP contribution in [0.1, 0.15) is 19.3 Å². The average Bonchev–Trinajstić information content (AvgIpc) is 2.19. The highest BCUT2D eigenvalue weighted by molar-refractivity contribution is 4.76. The third-order valence-electron chi connectivity index (χ3n) is 2.51. The topological polar surface area (TPSA) is 72.2 Å². The van der Waals surface area contributed by atoms with Crippen LogP contribution in [-0.4, -0.2) is 42.3 Å². The number of aliphatic hydroxyl groups excluding tert-OH is 1. The molecule has 0 amide bonds. The third-order valence-corrected chi connectivity index (χ3v) is 2.51. The number of hydrogen-bond acceptors (Lipinski definition) is 3. The van der Waals surface area contributed by atoms with E-state index in [0.29, 0.717) is 6.54 Å². The number of piperidine rings is 1. The van der Waals surface area contributed by atoms with E-state index in [0.717, 1.165) is 19.5 Å². The first-order valence-corrected chi connectivity index (χ1v) is 4.74. The third kappa shape index (κ3) is 3.22. The van der Waals surface area contributed by atoms with Gasteiger partial charge in [0.2, 0.25) is 0 Å². The maximum absolute atomic E-state index is 9.07. The molecule has 0 aromatic heterocycles. The molecule has 13 heavy (non-hydrogen) atoms. The first kappa shape index (κ1) is 10.3. The van der Waals surface area contributed by atoms with Gasteiger partial charge < -0.3 is 5.11 Å². The minimum atomic E-state index is 0.219. The van der Waals surface area contributed by atoms with Gasteiger partial charge in [-0.1, -0.05) is 11.5 Å². The van der Waals surface area contributed by atoms with Crippen molar-refractivity contribution < 1.29 is 5.11 Å². The number of likely N-dealkylation sites (tertiary alicyclic amines) is 1. The molecular formula is C8H16N4O. The van der Waals surface area contributed by atoms with E-state index in [1.807, 2.05) is 0 Å². The summed E-state index contributed by atoms with van der Waals surface area (Å²) in [5, 5.41) is 12.6. The first-order chi connectivity index (χ1) is 6.38. The molecule has 1 saturated heterocycles. The SMILES string of the molecule is [N-]=[N+]=NCCN1CCCCC1CO. The summed E-state index contributed by atoms with van der Waals surface area (Å²) in [6, 6.07) is 0.280. The number of rotatable bonds is 4. The van der Waals surface area contributed by atoms with E-state index in [9.17, 15) is 0 Å². The number of azide groups is 1. The van der Waals surface area contributed by atoms with Gasteiger partial charge in [0.25, 0.3) is 0 Å². The Morgan fingerprint density at radius 3 is 3.08 bits per heavy atom. The Hall–Kier alpha value is -0.770. The van der Waals surface area contributed by atoms with Crippen LogP contribution in [0, 0.1) is 0 Å². The molecule has 5 heteroatoms. The van der Waals surface area contributed by atoms with Gasteiger partial charge in [-0.15, -0.1) is 0 Å². The van der Waals surface area contributed by atoms with Gasteiger partial charge in [0.1, 0.15) is 0 Å². The maximum atomic E-state index is 9.07. The second-order valence-electron chi connectivity index (χ2n) is 3.32. The van der Waals surface area contributed by atoms with E-state index >= 15 is 0 Å². The van der Waals surface area contributed by atoms with E-state index < -0.39 is 0 Å². The fourth-order valence-electron chi connectivity index (χ4n) is 1.78. The van der Waals surface area contributed by atoms with Crippen LogP contribution in [0.5, 0.6) is 0 Å². The van der Waals surface area contributed by atoms with Crippen molar-refractivity contribution in [3.63, 3.8) is 0 Å². The minimum absolute atomic E-state index is 0.219. The summed E-state index contributed by atoms with van der Waals surface area (Å²) >= 11 is 0. The highest BCUT2D eigenvalue weighted by atomic mass is 16.3. The van der Waals surface area contributed by atoms with Crippen molar-refractivity contribution in [1.82, 2.24) is 4.90 Å². The number of nitrogens with zero attached hydrogens (tertiary/aromatic N) is 4. The molecule has 0 aliphatic carbocycles. The predicted octanol–water partition coefficient (Wildman–Crippen LogP) is 1.14. The zero-order valence-corrected chi connectivity index (χ0v) is 7.76. The highest BCUT2D eigenvalue weighted by Gasteiger charge is 2.20. The number of hydrogen-bond donors (Lipinski definition) is 1. The molecule has 0 aromatic carbocycles. The molecule has 1 aliphatic heterocycles. The van der Waals surface area contributed by atoms with Crippen molar-refractivity contribution in [2.75, 3.05) is 26.2 Å². The lowest BCUT2D eigenvalue weighted by Gasteiger charge is -2.34. The van der Waals surface area contributed by atoms with Gasteiger partial charge >= 0.3 is 0 Å². The van der Waals surface area contributed by atoms with Gasteiger partial charge in [-0.3, -0.25) is 4.90 Å². The molecule has 5 nitrogen and oxygen atoms in total. The molecule has 1 aliphatic rings. The second-order valence-corrected chi connectivity index (χ2v) is 3.32. The molecule has 1 rings (SSSR count). The van der Waals surface area contributed by atoms with Crippen LogP contribution in [0.15, 0.2) is 5.11 Å². The molecule has 1 unspecified atom stereocenters. The monoisotopic (exact) mass is 184 g/mol. The fraction of sp³-hybridized carbons (Fsp3) is 1.00. The summed E-state index contributed by atoms with van der Waals surface area (Å²) in [6.45, 7) is 2.52. The lowest BCUT2D eigenvalue weighted by Crippen LogP contribution is -2.42. The van der Waals surface area contributed by atoms with Gasteiger partial charge in [-0.05, 0) is 24.9 Å². The summed E-state index contributed by atoms with van der Waals surface area (Å²) in [7, 11) is 0. The van der Waals surface area contributed by atoms with Gasteiger partial charge in [0.05, 0.1) is 6.61 Å². The summed E-state index contributed by atoms with van der Waals surface area (Å²) in [5.74, 6) is 0. The molecule has 1 heterocycles. The van der Waals surface area contributed by atoms with Gasteiger partial charge in [0.15, 0.2) is 0 Å². The summed E-state index contributed by atoms with van der Waals surface area (Å²) in [4.78, 5) is 4.91. The van der Waals surface area contributed by atoms with E-state index in [-0.39, 0.29) is 12.6 Å². The molecule has 74 valence electrons. The van der Waals surface area contributed by atoms with Crippen LogP contribution in [0.4, 0.5) is 0 Å². The lowest BCUT2D eigenvalue weighted by atomic mass is 10.0. The Labute approximate surface area is 78.0 Å². The standard InChI is InChI=1S/C8H16N4O/c9-11-10-4-6-12-5-2-1-3-8(12)7-13/h8,13H,1-7H2. The van der Waals surface area contributed by atoms with E-state index in [1.165, 1.54) is 12.8 Å².